The minimum Gasteiger partial charge on any atom is -0.481 e. The maximum Gasteiger partial charge on any atom is 0.305 e. The molecule has 5 nitrogen and oxygen atoms in total. The zero-order valence-corrected chi connectivity index (χ0v) is 9.58. The molecular formula is C12H16N2O3. The van der Waals surface area contributed by atoms with Crippen LogP contribution in [0.5, 0.6) is 0 Å². The van der Waals surface area contributed by atoms with Crippen LogP contribution in [0.3, 0.4) is 0 Å². The van der Waals surface area contributed by atoms with Gasteiger partial charge in [0.2, 0.25) is 0 Å². The summed E-state index contributed by atoms with van der Waals surface area (Å²) >= 11 is 0. The third kappa shape index (κ3) is 3.51. The second-order valence-corrected chi connectivity index (χ2v) is 4.12. The van der Waals surface area contributed by atoms with E-state index in [2.05, 4.69) is 9.88 Å². The lowest BCUT2D eigenvalue weighted by Gasteiger charge is -2.34. The topological polar surface area (TPSA) is 62.7 Å². The number of morpholine rings is 1. The van der Waals surface area contributed by atoms with Gasteiger partial charge in [-0.25, -0.2) is 0 Å². The molecule has 0 amide bonds. The van der Waals surface area contributed by atoms with Gasteiger partial charge < -0.3 is 9.84 Å². The molecule has 0 radical (unpaired) electrons. The third-order valence-corrected chi connectivity index (χ3v) is 2.85. The number of rotatable bonds is 4. The number of carbonyl (C=O) groups is 1. The van der Waals surface area contributed by atoms with E-state index in [1.165, 1.54) is 0 Å². The Bertz CT molecular complexity index is 369. The number of pyridine rings is 1. The van der Waals surface area contributed by atoms with Crippen LogP contribution in [0.25, 0.3) is 0 Å². The summed E-state index contributed by atoms with van der Waals surface area (Å²) in [6.07, 6.45) is 1.87. The summed E-state index contributed by atoms with van der Waals surface area (Å²) in [6, 6.07) is 5.71. The van der Waals surface area contributed by atoms with Crippen LogP contribution in [0.4, 0.5) is 0 Å². The van der Waals surface area contributed by atoms with Crippen molar-refractivity contribution in [1.82, 2.24) is 9.88 Å². The largest absolute Gasteiger partial charge is 0.481 e. The number of ether oxygens (including phenoxy) is 1. The van der Waals surface area contributed by atoms with Gasteiger partial charge in [0.25, 0.3) is 0 Å². The van der Waals surface area contributed by atoms with Crippen molar-refractivity contribution < 1.29 is 14.6 Å². The molecule has 0 aliphatic carbocycles. The molecule has 2 rings (SSSR count). The predicted molar refractivity (Wildman–Crippen MR) is 61.5 cm³/mol. The number of carboxylic acids is 1. The molecule has 1 atom stereocenters. The molecule has 0 spiro atoms. The summed E-state index contributed by atoms with van der Waals surface area (Å²) in [5.74, 6) is -0.786. The van der Waals surface area contributed by atoms with Crippen molar-refractivity contribution in [2.24, 2.45) is 0 Å². The lowest BCUT2D eigenvalue weighted by atomic mass is 10.1. The smallest absolute Gasteiger partial charge is 0.305 e. The molecule has 1 aliphatic rings. The van der Waals surface area contributed by atoms with Crippen LogP contribution >= 0.6 is 0 Å². The fourth-order valence-electron chi connectivity index (χ4n) is 1.99. The Balaban J connectivity index is 1.99. The standard InChI is InChI=1S/C12H16N2O3/c15-12(16)7-11-9-17-6-5-14(11)8-10-3-1-2-4-13-10/h1-4,11H,5-9H2,(H,15,16). The first-order valence-corrected chi connectivity index (χ1v) is 5.69. The minimum atomic E-state index is -0.786. The first-order chi connectivity index (χ1) is 8.25. The van der Waals surface area contributed by atoms with Crippen LogP contribution in [0, 0.1) is 0 Å². The van der Waals surface area contributed by atoms with Crippen LogP contribution < -0.4 is 0 Å². The van der Waals surface area contributed by atoms with Gasteiger partial charge in [-0.15, -0.1) is 0 Å². The number of hydrogen-bond donors (Lipinski definition) is 1. The van der Waals surface area contributed by atoms with Crippen LogP contribution in [0.1, 0.15) is 12.1 Å². The van der Waals surface area contributed by atoms with Crippen LogP contribution in [0.2, 0.25) is 0 Å². The average Bonchev–Trinajstić information content (AvgIpc) is 2.32. The third-order valence-electron chi connectivity index (χ3n) is 2.85. The summed E-state index contributed by atoms with van der Waals surface area (Å²) in [4.78, 5) is 17.1. The highest BCUT2D eigenvalue weighted by Gasteiger charge is 2.25. The summed E-state index contributed by atoms with van der Waals surface area (Å²) in [5, 5.41) is 8.85. The summed E-state index contributed by atoms with van der Waals surface area (Å²) in [7, 11) is 0. The Kier molecular flexibility index (Phi) is 4.06. The predicted octanol–water partition coefficient (Wildman–Crippen LogP) is 0.757. The normalized spacial score (nSPS) is 21.3. The van der Waals surface area contributed by atoms with Gasteiger partial charge in [-0.05, 0) is 12.1 Å². The zero-order chi connectivity index (χ0) is 12.1. The molecule has 1 saturated heterocycles. The fraction of sp³-hybridized carbons (Fsp3) is 0.500. The summed E-state index contributed by atoms with van der Waals surface area (Å²) in [6.45, 7) is 2.58. The van der Waals surface area contributed by atoms with E-state index in [-0.39, 0.29) is 12.5 Å². The SMILES string of the molecule is O=C(O)CC1COCCN1Cc1ccccn1. The Morgan fingerprint density at radius 2 is 2.47 bits per heavy atom. The van der Waals surface area contributed by atoms with E-state index in [9.17, 15) is 4.79 Å². The number of hydrogen-bond acceptors (Lipinski definition) is 4. The van der Waals surface area contributed by atoms with E-state index in [4.69, 9.17) is 9.84 Å². The molecule has 0 aromatic carbocycles. The molecular weight excluding hydrogens is 220 g/mol. The van der Waals surface area contributed by atoms with Crippen molar-refractivity contribution in [3.63, 3.8) is 0 Å². The van der Waals surface area contributed by atoms with E-state index >= 15 is 0 Å². The highest BCUT2D eigenvalue weighted by atomic mass is 16.5. The van der Waals surface area contributed by atoms with Crippen molar-refractivity contribution in [2.75, 3.05) is 19.8 Å². The summed E-state index contributed by atoms with van der Waals surface area (Å²) < 4.78 is 5.33. The van der Waals surface area contributed by atoms with Gasteiger partial charge in [0.1, 0.15) is 0 Å². The van der Waals surface area contributed by atoms with Crippen molar-refractivity contribution in [3.05, 3.63) is 30.1 Å². The number of aromatic nitrogens is 1. The van der Waals surface area contributed by atoms with Gasteiger partial charge in [-0.1, -0.05) is 6.07 Å². The van der Waals surface area contributed by atoms with E-state index in [0.29, 0.717) is 19.8 Å². The van der Waals surface area contributed by atoms with Crippen molar-refractivity contribution in [3.8, 4) is 0 Å². The number of aliphatic carboxylic acids is 1. The maximum atomic E-state index is 10.8. The quantitative estimate of drug-likeness (QED) is 0.836. The van der Waals surface area contributed by atoms with Crippen LogP contribution in [-0.2, 0) is 16.1 Å². The van der Waals surface area contributed by atoms with Crippen LogP contribution in [0.15, 0.2) is 24.4 Å². The first kappa shape index (κ1) is 12.0. The Labute approximate surface area is 100 Å². The van der Waals surface area contributed by atoms with Gasteiger partial charge >= 0.3 is 5.97 Å². The lowest BCUT2D eigenvalue weighted by Crippen LogP contribution is -2.46. The fourth-order valence-corrected chi connectivity index (χ4v) is 1.99. The molecule has 1 fully saturated rings. The highest BCUT2D eigenvalue weighted by molar-refractivity contribution is 5.67. The first-order valence-electron chi connectivity index (χ1n) is 5.69. The molecule has 0 bridgehead atoms. The van der Waals surface area contributed by atoms with E-state index in [1.807, 2.05) is 18.2 Å². The second kappa shape index (κ2) is 5.75. The monoisotopic (exact) mass is 236 g/mol. The Morgan fingerprint density at radius 3 is 3.18 bits per heavy atom. The lowest BCUT2D eigenvalue weighted by molar-refractivity contribution is -0.140. The van der Waals surface area contributed by atoms with Gasteiger partial charge in [-0.2, -0.15) is 0 Å². The Morgan fingerprint density at radius 1 is 1.59 bits per heavy atom. The zero-order valence-electron chi connectivity index (χ0n) is 9.58. The second-order valence-electron chi connectivity index (χ2n) is 4.12. The van der Waals surface area contributed by atoms with Crippen LogP contribution in [-0.4, -0.2) is 46.8 Å². The molecule has 92 valence electrons. The average molecular weight is 236 g/mol. The maximum absolute atomic E-state index is 10.8. The van der Waals surface area contributed by atoms with Gasteiger partial charge in [0, 0.05) is 25.3 Å². The highest BCUT2D eigenvalue weighted by Crippen LogP contribution is 2.13. The molecule has 1 N–H and O–H groups in total. The summed E-state index contributed by atoms with van der Waals surface area (Å²) in [5.41, 5.74) is 0.963. The Hall–Kier alpha value is -1.46. The van der Waals surface area contributed by atoms with E-state index < -0.39 is 5.97 Å². The van der Waals surface area contributed by atoms with Crippen molar-refractivity contribution in [1.29, 1.82) is 0 Å². The van der Waals surface area contributed by atoms with E-state index in [1.54, 1.807) is 6.20 Å². The molecule has 2 heterocycles. The van der Waals surface area contributed by atoms with Gasteiger partial charge in [0.15, 0.2) is 0 Å². The molecule has 5 heteroatoms. The van der Waals surface area contributed by atoms with Crippen molar-refractivity contribution >= 4 is 5.97 Å². The number of carboxylic acid groups (broad SMARTS) is 1. The van der Waals surface area contributed by atoms with E-state index in [0.717, 1.165) is 12.2 Å². The number of nitrogens with zero attached hydrogens (tertiary/aromatic N) is 2. The van der Waals surface area contributed by atoms with Gasteiger partial charge in [0.05, 0.1) is 25.3 Å². The molecule has 1 aliphatic heterocycles. The molecule has 17 heavy (non-hydrogen) atoms. The van der Waals surface area contributed by atoms with Gasteiger partial charge in [-0.3, -0.25) is 14.7 Å². The molecule has 1 aromatic rings. The molecule has 0 saturated carbocycles. The molecule has 1 unspecified atom stereocenters. The minimum absolute atomic E-state index is 0.0525. The molecule has 1 aromatic heterocycles. The van der Waals surface area contributed by atoms with Crippen molar-refractivity contribution in [2.45, 2.75) is 19.0 Å².